The van der Waals surface area contributed by atoms with Gasteiger partial charge in [0.2, 0.25) is 5.91 Å². The third-order valence-corrected chi connectivity index (χ3v) is 4.58. The van der Waals surface area contributed by atoms with E-state index in [1.54, 1.807) is 11.3 Å². The van der Waals surface area contributed by atoms with Gasteiger partial charge in [-0.1, -0.05) is 17.3 Å². The highest BCUT2D eigenvalue weighted by Crippen LogP contribution is 2.22. The van der Waals surface area contributed by atoms with E-state index in [0.717, 1.165) is 28.1 Å². The van der Waals surface area contributed by atoms with Gasteiger partial charge in [0, 0.05) is 6.42 Å². The van der Waals surface area contributed by atoms with Crippen LogP contribution in [0.4, 0.5) is 0 Å². The van der Waals surface area contributed by atoms with Crippen molar-refractivity contribution in [3.63, 3.8) is 0 Å². The average Bonchev–Trinajstić information content (AvgIpc) is 3.18. The second-order valence-electron chi connectivity index (χ2n) is 5.51. The minimum absolute atomic E-state index is 0.0751. The highest BCUT2D eigenvalue weighted by atomic mass is 32.1. The zero-order valence-electron chi connectivity index (χ0n) is 13.4. The van der Waals surface area contributed by atoms with Crippen molar-refractivity contribution in [3.05, 3.63) is 41.2 Å². The van der Waals surface area contributed by atoms with Crippen LogP contribution in [0.1, 0.15) is 23.5 Å². The summed E-state index contributed by atoms with van der Waals surface area (Å²) in [6, 6.07) is 7.98. The number of hydrogen-bond acceptors (Lipinski definition) is 6. The van der Waals surface area contributed by atoms with Crippen LogP contribution in [-0.4, -0.2) is 37.0 Å². The SMILES string of the molecule is O=C(O)Cn1cc(CNC(=O)CCCc2nc3ccccc3s2)nn1. The van der Waals surface area contributed by atoms with Crippen molar-refractivity contribution < 1.29 is 14.7 Å². The molecule has 3 rings (SSSR count). The number of nitrogens with zero attached hydrogens (tertiary/aromatic N) is 4. The molecular weight excluding hydrogens is 342 g/mol. The Balaban J connectivity index is 1.40. The quantitative estimate of drug-likeness (QED) is 0.632. The molecule has 0 aliphatic rings. The maximum Gasteiger partial charge on any atom is 0.325 e. The lowest BCUT2D eigenvalue weighted by Crippen LogP contribution is -2.22. The van der Waals surface area contributed by atoms with Gasteiger partial charge in [-0.3, -0.25) is 9.59 Å². The van der Waals surface area contributed by atoms with Crippen LogP contribution < -0.4 is 5.32 Å². The van der Waals surface area contributed by atoms with Crippen molar-refractivity contribution in [1.29, 1.82) is 0 Å². The van der Waals surface area contributed by atoms with E-state index >= 15 is 0 Å². The van der Waals surface area contributed by atoms with Crippen molar-refractivity contribution in [2.24, 2.45) is 0 Å². The summed E-state index contributed by atoms with van der Waals surface area (Å²) in [5, 5.41) is 20.0. The van der Waals surface area contributed by atoms with Gasteiger partial charge in [0.1, 0.15) is 12.2 Å². The van der Waals surface area contributed by atoms with E-state index in [1.165, 1.54) is 10.9 Å². The Bertz CT molecular complexity index is 856. The monoisotopic (exact) mass is 359 g/mol. The van der Waals surface area contributed by atoms with Crippen molar-refractivity contribution in [2.75, 3.05) is 0 Å². The molecule has 0 bridgehead atoms. The number of carboxylic acid groups (broad SMARTS) is 1. The predicted octanol–water partition coefficient (Wildman–Crippen LogP) is 1.61. The van der Waals surface area contributed by atoms with Gasteiger partial charge in [-0.25, -0.2) is 9.67 Å². The van der Waals surface area contributed by atoms with Crippen LogP contribution in [-0.2, 0) is 29.1 Å². The molecule has 1 amide bonds. The van der Waals surface area contributed by atoms with E-state index in [1.807, 2.05) is 24.3 Å². The third-order valence-electron chi connectivity index (χ3n) is 3.48. The lowest BCUT2D eigenvalue weighted by molar-refractivity contribution is -0.138. The summed E-state index contributed by atoms with van der Waals surface area (Å²) in [6.45, 7) is -0.0112. The molecule has 0 spiro atoms. The average molecular weight is 359 g/mol. The van der Waals surface area contributed by atoms with Gasteiger partial charge in [-0.2, -0.15) is 0 Å². The largest absolute Gasteiger partial charge is 0.480 e. The summed E-state index contributed by atoms with van der Waals surface area (Å²) in [7, 11) is 0. The number of amides is 1. The molecule has 0 radical (unpaired) electrons. The first-order valence-electron chi connectivity index (χ1n) is 7.82. The molecule has 0 fully saturated rings. The molecule has 9 heteroatoms. The lowest BCUT2D eigenvalue weighted by atomic mass is 10.2. The van der Waals surface area contributed by atoms with Crippen molar-refractivity contribution in [1.82, 2.24) is 25.3 Å². The Labute approximate surface area is 147 Å². The molecule has 0 aliphatic heterocycles. The minimum atomic E-state index is -0.990. The first kappa shape index (κ1) is 17.0. The molecule has 8 nitrogen and oxygen atoms in total. The number of aliphatic carboxylic acids is 1. The number of aromatic nitrogens is 4. The number of benzene rings is 1. The fourth-order valence-corrected chi connectivity index (χ4v) is 3.35. The van der Waals surface area contributed by atoms with E-state index in [4.69, 9.17) is 5.11 Å². The molecule has 0 saturated carbocycles. The topological polar surface area (TPSA) is 110 Å². The van der Waals surface area contributed by atoms with Gasteiger partial charge in [-0.05, 0) is 25.0 Å². The second-order valence-corrected chi connectivity index (χ2v) is 6.62. The number of hydrogen-bond donors (Lipinski definition) is 2. The Morgan fingerprint density at radius 1 is 1.28 bits per heavy atom. The van der Waals surface area contributed by atoms with E-state index in [2.05, 4.69) is 20.6 Å². The van der Waals surface area contributed by atoms with E-state index in [9.17, 15) is 9.59 Å². The Morgan fingerprint density at radius 3 is 2.92 bits per heavy atom. The number of nitrogens with one attached hydrogen (secondary N) is 1. The van der Waals surface area contributed by atoms with Crippen LogP contribution >= 0.6 is 11.3 Å². The van der Waals surface area contributed by atoms with E-state index in [0.29, 0.717) is 12.1 Å². The van der Waals surface area contributed by atoms with Crippen LogP contribution in [0.5, 0.6) is 0 Å². The maximum atomic E-state index is 11.9. The molecule has 2 heterocycles. The standard InChI is InChI=1S/C16H17N5O3S/c22-14(17-8-11-9-21(20-19-11)10-16(23)24)6-3-7-15-18-12-4-1-2-5-13(12)25-15/h1-2,4-5,9H,3,6-8,10H2,(H,17,22)(H,23,24). The Hall–Kier alpha value is -2.81. The maximum absolute atomic E-state index is 11.9. The van der Waals surface area contributed by atoms with Gasteiger partial charge in [-0.15, -0.1) is 16.4 Å². The minimum Gasteiger partial charge on any atom is -0.480 e. The summed E-state index contributed by atoms with van der Waals surface area (Å²) in [5.41, 5.74) is 1.53. The number of carboxylic acids is 1. The number of rotatable bonds is 8. The molecule has 1 aromatic carbocycles. The van der Waals surface area contributed by atoms with Crippen LogP contribution in [0.25, 0.3) is 10.2 Å². The van der Waals surface area contributed by atoms with Gasteiger partial charge in [0.15, 0.2) is 0 Å². The van der Waals surface area contributed by atoms with Crippen LogP contribution in [0.15, 0.2) is 30.5 Å². The number of thiazole rings is 1. The summed E-state index contributed by atoms with van der Waals surface area (Å²) in [4.78, 5) is 27.0. The summed E-state index contributed by atoms with van der Waals surface area (Å²) in [5.74, 6) is -1.07. The van der Waals surface area contributed by atoms with Crippen LogP contribution in [0, 0.1) is 0 Å². The molecule has 0 unspecified atom stereocenters. The van der Waals surface area contributed by atoms with E-state index in [-0.39, 0.29) is 19.0 Å². The van der Waals surface area contributed by atoms with Crippen LogP contribution in [0.3, 0.4) is 0 Å². The number of fused-ring (bicyclic) bond motifs is 1. The molecule has 25 heavy (non-hydrogen) atoms. The first-order chi connectivity index (χ1) is 12.1. The molecule has 2 aromatic heterocycles. The molecule has 0 saturated heterocycles. The molecule has 3 aromatic rings. The normalized spacial score (nSPS) is 10.9. The van der Waals surface area contributed by atoms with Gasteiger partial charge < -0.3 is 10.4 Å². The Morgan fingerprint density at radius 2 is 2.12 bits per heavy atom. The number of para-hydroxylation sites is 1. The highest BCUT2D eigenvalue weighted by molar-refractivity contribution is 7.18. The third kappa shape index (κ3) is 4.83. The highest BCUT2D eigenvalue weighted by Gasteiger charge is 2.08. The van der Waals surface area contributed by atoms with Gasteiger partial charge in [0.25, 0.3) is 0 Å². The fraction of sp³-hybridized carbons (Fsp3) is 0.312. The smallest absolute Gasteiger partial charge is 0.325 e. The number of carbonyl (C=O) groups excluding carboxylic acids is 1. The number of carbonyl (C=O) groups is 2. The molecular formula is C16H17N5O3S. The van der Waals surface area contributed by atoms with Gasteiger partial charge in [0.05, 0.1) is 28.0 Å². The second kappa shape index (κ2) is 7.84. The van der Waals surface area contributed by atoms with Crippen molar-refractivity contribution in [3.8, 4) is 0 Å². The van der Waals surface area contributed by atoms with Crippen molar-refractivity contribution in [2.45, 2.75) is 32.4 Å². The summed E-state index contributed by atoms with van der Waals surface area (Å²) < 4.78 is 2.38. The van der Waals surface area contributed by atoms with Crippen molar-refractivity contribution >= 4 is 33.4 Å². The molecule has 0 aliphatic carbocycles. The van der Waals surface area contributed by atoms with Gasteiger partial charge >= 0.3 is 5.97 Å². The summed E-state index contributed by atoms with van der Waals surface area (Å²) >= 11 is 1.65. The number of aryl methyl sites for hydroxylation is 1. The zero-order chi connectivity index (χ0) is 17.6. The zero-order valence-corrected chi connectivity index (χ0v) is 14.2. The van der Waals surface area contributed by atoms with Crippen LogP contribution in [0.2, 0.25) is 0 Å². The summed E-state index contributed by atoms with van der Waals surface area (Å²) in [6.07, 6.45) is 3.40. The first-order valence-corrected chi connectivity index (χ1v) is 8.64. The molecule has 0 atom stereocenters. The van der Waals surface area contributed by atoms with E-state index < -0.39 is 5.97 Å². The predicted molar refractivity (Wildman–Crippen MR) is 92.1 cm³/mol. The Kier molecular flexibility index (Phi) is 5.34. The lowest BCUT2D eigenvalue weighted by Gasteiger charge is -2.02. The fourth-order valence-electron chi connectivity index (χ4n) is 2.34. The molecule has 130 valence electrons. The molecule has 2 N–H and O–H groups in total.